The summed E-state index contributed by atoms with van der Waals surface area (Å²) in [4.78, 5) is 23.0. The van der Waals surface area contributed by atoms with Crippen LogP contribution in [0.4, 0.5) is 8.78 Å². The van der Waals surface area contributed by atoms with Gasteiger partial charge in [-0.05, 0) is 56.3 Å². The van der Waals surface area contributed by atoms with E-state index in [0.717, 1.165) is 16.7 Å². The number of nitriles is 1. The molecule has 0 radical (unpaired) electrons. The molecule has 0 spiro atoms. The van der Waals surface area contributed by atoms with Crippen LogP contribution in [0.25, 0.3) is 0 Å². The maximum atomic E-state index is 15.9. The maximum Gasteiger partial charge on any atom is 0.322 e. The summed E-state index contributed by atoms with van der Waals surface area (Å²) in [5, 5.41) is 9.45. The van der Waals surface area contributed by atoms with Crippen LogP contribution in [0.3, 0.4) is 0 Å². The Morgan fingerprint density at radius 1 is 1.10 bits per heavy atom. The molecule has 1 aliphatic rings. The summed E-state index contributed by atoms with van der Waals surface area (Å²) in [6.45, 7) is 2.73. The fourth-order valence-corrected chi connectivity index (χ4v) is 5.69. The Kier molecular flexibility index (Phi) is 11.6. The van der Waals surface area contributed by atoms with Gasteiger partial charge in [0, 0.05) is 35.0 Å². The van der Waals surface area contributed by atoms with Crippen molar-refractivity contribution in [3.8, 4) is 34.9 Å². The molecule has 0 amide bonds. The number of pyridine rings is 1. The quantitative estimate of drug-likeness (QED) is 0.113. The van der Waals surface area contributed by atoms with Gasteiger partial charge in [-0.15, -0.1) is 11.8 Å². The average Bonchev–Trinajstić information content (AvgIpc) is 3.53. The van der Waals surface area contributed by atoms with Gasteiger partial charge in [0.05, 0.1) is 24.4 Å². The molecule has 1 aromatic heterocycles. The summed E-state index contributed by atoms with van der Waals surface area (Å²) >= 11 is 1.46. The molecule has 5 rings (SSSR count). The molecular formula is C35H33F2N5O5S. The molecule has 4 aromatic rings. The van der Waals surface area contributed by atoms with Gasteiger partial charge in [0.15, 0.2) is 17.3 Å². The molecule has 2 unspecified atom stereocenters. The molecule has 248 valence electrons. The maximum absolute atomic E-state index is 15.9. The summed E-state index contributed by atoms with van der Waals surface area (Å²) in [7, 11) is 1.87. The molecular weight excluding hydrogens is 640 g/mol. The Hall–Kier alpha value is -5.03. The van der Waals surface area contributed by atoms with Crippen LogP contribution >= 0.6 is 11.8 Å². The standard InChI is InChI=1S/C35H33F2N5O5S/c1-3-44-35(43)27(39)13-16-48-24-10-12-28(25(18-24)33-40-14-15-42(33)2)46-32-26(36)20-41-34(31(32)37)47-30-17-23(19-38)9-11-29(30)45-21-22-7-5-4-6-8-22/h4-12,14,17-18,20,27,33H,3,13,15-16,21,39H2,1-2H3. The van der Waals surface area contributed by atoms with Gasteiger partial charge in [0.2, 0.25) is 11.6 Å². The van der Waals surface area contributed by atoms with Crippen molar-refractivity contribution >= 4 is 23.9 Å². The van der Waals surface area contributed by atoms with Gasteiger partial charge in [0.25, 0.3) is 5.88 Å². The molecule has 3 aromatic carbocycles. The van der Waals surface area contributed by atoms with Crippen molar-refractivity contribution in [2.75, 3.05) is 26.0 Å². The lowest BCUT2D eigenvalue weighted by atomic mass is 10.1. The van der Waals surface area contributed by atoms with E-state index in [9.17, 15) is 10.1 Å². The number of thioether (sulfide) groups is 1. The summed E-state index contributed by atoms with van der Waals surface area (Å²) in [5.41, 5.74) is 7.63. The number of ether oxygens (including phenoxy) is 4. The third kappa shape index (κ3) is 8.46. The van der Waals surface area contributed by atoms with Gasteiger partial charge in [0.1, 0.15) is 24.6 Å². The second-order valence-electron chi connectivity index (χ2n) is 10.6. The van der Waals surface area contributed by atoms with Crippen molar-refractivity contribution in [1.82, 2.24) is 9.88 Å². The van der Waals surface area contributed by atoms with Gasteiger partial charge >= 0.3 is 5.97 Å². The molecule has 0 saturated heterocycles. The minimum absolute atomic E-state index is 0.0144. The fraction of sp³-hybridized carbons (Fsp3) is 0.257. The number of aromatic nitrogens is 1. The Morgan fingerprint density at radius 3 is 2.62 bits per heavy atom. The number of carbonyl (C=O) groups excluding carboxylic acids is 1. The van der Waals surface area contributed by atoms with Crippen molar-refractivity contribution in [1.29, 1.82) is 5.26 Å². The Labute approximate surface area is 281 Å². The highest BCUT2D eigenvalue weighted by Crippen LogP contribution is 2.41. The minimum Gasteiger partial charge on any atom is -0.485 e. The first-order valence-electron chi connectivity index (χ1n) is 15.1. The van der Waals surface area contributed by atoms with Crippen LogP contribution in [-0.2, 0) is 16.1 Å². The third-order valence-corrected chi connectivity index (χ3v) is 8.24. The number of carbonyl (C=O) groups is 1. The predicted octanol–water partition coefficient (Wildman–Crippen LogP) is 6.78. The molecule has 2 heterocycles. The van der Waals surface area contributed by atoms with Gasteiger partial charge in [-0.2, -0.15) is 9.65 Å². The number of nitrogens with two attached hydrogens (primary N) is 1. The van der Waals surface area contributed by atoms with E-state index in [1.807, 2.05) is 54.4 Å². The van der Waals surface area contributed by atoms with Crippen LogP contribution in [-0.4, -0.2) is 54.1 Å². The molecule has 2 N–H and O–H groups in total. The molecule has 0 saturated carbocycles. The Balaban J connectivity index is 1.39. The number of rotatable bonds is 14. The highest BCUT2D eigenvalue weighted by molar-refractivity contribution is 7.99. The number of hydrogen-bond donors (Lipinski definition) is 1. The number of hydrogen-bond acceptors (Lipinski definition) is 11. The Bertz CT molecular complexity index is 1820. The van der Waals surface area contributed by atoms with Crippen LogP contribution < -0.4 is 19.9 Å². The molecule has 2 atom stereocenters. The molecule has 10 nitrogen and oxygen atoms in total. The Morgan fingerprint density at radius 2 is 1.90 bits per heavy atom. The smallest absolute Gasteiger partial charge is 0.322 e. The molecule has 0 bridgehead atoms. The van der Waals surface area contributed by atoms with E-state index in [1.54, 1.807) is 25.3 Å². The van der Waals surface area contributed by atoms with E-state index in [2.05, 4.69) is 9.98 Å². The van der Waals surface area contributed by atoms with Gasteiger partial charge < -0.3 is 24.7 Å². The third-order valence-electron chi connectivity index (χ3n) is 7.21. The number of aliphatic imine (C=N–C) groups is 1. The largest absolute Gasteiger partial charge is 0.485 e. The molecule has 48 heavy (non-hydrogen) atoms. The summed E-state index contributed by atoms with van der Waals surface area (Å²) in [6, 6.07) is 20.3. The summed E-state index contributed by atoms with van der Waals surface area (Å²) in [5.74, 6) is -3.05. The zero-order valence-corrected chi connectivity index (χ0v) is 27.1. The number of esters is 1. The first-order valence-corrected chi connectivity index (χ1v) is 16.1. The SMILES string of the molecule is CCOC(=O)C(N)CCSc1ccc(Oc2c(F)cnc(Oc3cc(C#N)ccc3OCc3ccccc3)c2F)c(C2N=CCN2C)c1. The number of halogens is 2. The number of benzene rings is 3. The van der Waals surface area contributed by atoms with Crippen molar-refractivity contribution in [3.63, 3.8) is 0 Å². The number of nitrogens with zero attached hydrogens (tertiary/aromatic N) is 4. The van der Waals surface area contributed by atoms with E-state index >= 15 is 8.78 Å². The second-order valence-corrected chi connectivity index (χ2v) is 11.8. The lowest BCUT2D eigenvalue weighted by molar-refractivity contribution is -0.144. The van der Waals surface area contributed by atoms with Crippen LogP contribution in [0.15, 0.2) is 82.8 Å². The topological polar surface area (TPSA) is 132 Å². The molecule has 1 aliphatic heterocycles. The molecule has 0 fully saturated rings. The lowest BCUT2D eigenvalue weighted by Crippen LogP contribution is -2.32. The normalized spacial score (nSPS) is 14.7. The van der Waals surface area contributed by atoms with E-state index in [4.69, 9.17) is 24.7 Å². The highest BCUT2D eigenvalue weighted by Gasteiger charge is 2.27. The second kappa shape index (κ2) is 16.2. The fourth-order valence-electron chi connectivity index (χ4n) is 4.71. The van der Waals surface area contributed by atoms with E-state index in [1.165, 1.54) is 30.0 Å². The van der Waals surface area contributed by atoms with Gasteiger partial charge in [-0.1, -0.05) is 30.3 Å². The summed E-state index contributed by atoms with van der Waals surface area (Å²) < 4.78 is 53.6. The minimum atomic E-state index is -1.19. The van der Waals surface area contributed by atoms with Gasteiger partial charge in [-0.3, -0.25) is 14.7 Å². The van der Waals surface area contributed by atoms with E-state index < -0.39 is 41.4 Å². The van der Waals surface area contributed by atoms with Crippen LogP contribution in [0.1, 0.15) is 36.2 Å². The van der Waals surface area contributed by atoms with Crippen LogP contribution in [0, 0.1) is 23.0 Å². The van der Waals surface area contributed by atoms with E-state index in [0.29, 0.717) is 24.3 Å². The highest BCUT2D eigenvalue weighted by atomic mass is 32.2. The van der Waals surface area contributed by atoms with Crippen molar-refractivity contribution in [2.45, 2.75) is 37.1 Å². The van der Waals surface area contributed by atoms with Crippen molar-refractivity contribution < 1.29 is 32.5 Å². The van der Waals surface area contributed by atoms with Gasteiger partial charge in [-0.25, -0.2) is 9.37 Å². The zero-order valence-electron chi connectivity index (χ0n) is 26.3. The van der Waals surface area contributed by atoms with Crippen molar-refractivity contribution in [3.05, 3.63) is 101 Å². The lowest BCUT2D eigenvalue weighted by Gasteiger charge is -2.22. The van der Waals surface area contributed by atoms with Crippen LogP contribution in [0.2, 0.25) is 0 Å². The zero-order chi connectivity index (χ0) is 34.0. The average molecular weight is 674 g/mol. The summed E-state index contributed by atoms with van der Waals surface area (Å²) in [6.07, 6.45) is 2.47. The van der Waals surface area contributed by atoms with Crippen molar-refractivity contribution in [2.24, 2.45) is 10.7 Å². The van der Waals surface area contributed by atoms with Crippen LogP contribution in [0.5, 0.6) is 28.9 Å². The first-order chi connectivity index (χ1) is 23.3. The first kappa shape index (κ1) is 34.3. The molecule has 13 heteroatoms. The predicted molar refractivity (Wildman–Crippen MR) is 176 cm³/mol. The molecule has 0 aliphatic carbocycles. The monoisotopic (exact) mass is 673 g/mol. The van der Waals surface area contributed by atoms with E-state index in [-0.39, 0.29) is 36.0 Å².